The lowest BCUT2D eigenvalue weighted by atomic mass is 10.0. The van der Waals surface area contributed by atoms with Crippen molar-refractivity contribution >= 4 is 44.9 Å². The molecule has 1 aliphatic heterocycles. The van der Waals surface area contributed by atoms with Crippen molar-refractivity contribution in [1.82, 2.24) is 19.8 Å². The summed E-state index contributed by atoms with van der Waals surface area (Å²) in [6, 6.07) is 5.30. The van der Waals surface area contributed by atoms with E-state index < -0.39 is 33.8 Å². The van der Waals surface area contributed by atoms with Gasteiger partial charge in [0.15, 0.2) is 0 Å². The second kappa shape index (κ2) is 11.7. The number of hydrogen-bond donors (Lipinski definition) is 2. The molecule has 2 aromatic carbocycles. The summed E-state index contributed by atoms with van der Waals surface area (Å²) in [5.74, 6) is 0.290. The number of nitrogens with one attached hydrogen (secondary N) is 2. The van der Waals surface area contributed by atoms with E-state index in [-0.39, 0.29) is 45.8 Å². The zero-order valence-electron chi connectivity index (χ0n) is 19.7. The first-order valence-corrected chi connectivity index (χ1v) is 13.2. The minimum atomic E-state index is -4.77. The molecule has 0 spiro atoms. The topological polar surface area (TPSA) is 119 Å². The molecule has 3 aromatic rings. The van der Waals surface area contributed by atoms with E-state index in [4.69, 9.17) is 23.2 Å². The number of alkyl halides is 3. The van der Waals surface area contributed by atoms with Crippen LogP contribution in [0, 0.1) is 0 Å². The lowest BCUT2D eigenvalue weighted by Gasteiger charge is -2.29. The van der Waals surface area contributed by atoms with Gasteiger partial charge in [-0.05, 0) is 35.4 Å². The first kappa shape index (κ1) is 29.3. The monoisotopic (exact) mass is 580 g/mol. The van der Waals surface area contributed by atoms with E-state index in [1.54, 1.807) is 13.0 Å². The van der Waals surface area contributed by atoms with Gasteiger partial charge in [0.1, 0.15) is 0 Å². The van der Waals surface area contributed by atoms with Crippen molar-refractivity contribution in [2.75, 3.05) is 31.9 Å². The van der Waals surface area contributed by atoms with Gasteiger partial charge in [-0.3, -0.25) is 18.5 Å². The van der Waals surface area contributed by atoms with E-state index >= 15 is 0 Å². The van der Waals surface area contributed by atoms with Gasteiger partial charge >= 0.3 is 11.9 Å². The van der Waals surface area contributed by atoms with Crippen LogP contribution in [-0.4, -0.2) is 56.1 Å². The van der Waals surface area contributed by atoms with Gasteiger partial charge in [-0.15, -0.1) is 0 Å². The van der Waals surface area contributed by atoms with E-state index in [1.807, 2.05) is 4.90 Å². The zero-order valence-corrected chi connectivity index (χ0v) is 22.0. The SMILES string of the molecule is CCS(=O)c1ccc(Cl)cc1Cn1c(=O)[nH]c2c(Cl)c(CN3CCNCC3)c(C(F)(F)F)cc2c1=O.O. The van der Waals surface area contributed by atoms with Gasteiger partial charge < -0.3 is 15.8 Å². The molecule has 202 valence electrons. The summed E-state index contributed by atoms with van der Waals surface area (Å²) >= 11 is 12.5. The van der Waals surface area contributed by atoms with Crippen molar-refractivity contribution < 1.29 is 22.9 Å². The normalized spacial score (nSPS) is 15.5. The molecule has 0 aliphatic carbocycles. The number of fused-ring (bicyclic) bond motifs is 1. The van der Waals surface area contributed by atoms with E-state index in [0.29, 0.717) is 41.7 Å². The molecule has 2 heterocycles. The highest BCUT2D eigenvalue weighted by molar-refractivity contribution is 7.85. The Morgan fingerprint density at radius 2 is 1.76 bits per heavy atom. The molecule has 0 bridgehead atoms. The number of rotatable bonds is 6. The summed E-state index contributed by atoms with van der Waals surface area (Å²) in [7, 11) is -1.42. The van der Waals surface area contributed by atoms with Crippen LogP contribution in [0.15, 0.2) is 38.8 Å². The highest BCUT2D eigenvalue weighted by Crippen LogP contribution is 2.38. The van der Waals surface area contributed by atoms with Crippen molar-refractivity contribution in [2.45, 2.75) is 31.1 Å². The third-order valence-electron chi connectivity index (χ3n) is 6.08. The Hall–Kier alpha value is -2.22. The molecule has 1 saturated heterocycles. The van der Waals surface area contributed by atoms with Crippen LogP contribution in [0.5, 0.6) is 0 Å². The van der Waals surface area contributed by atoms with Gasteiger partial charge in [0.25, 0.3) is 5.56 Å². The lowest BCUT2D eigenvalue weighted by Crippen LogP contribution is -2.43. The highest BCUT2D eigenvalue weighted by atomic mass is 35.5. The fraction of sp³-hybridized carbons (Fsp3) is 0.391. The summed E-state index contributed by atoms with van der Waals surface area (Å²) in [4.78, 5) is 30.9. The first-order chi connectivity index (χ1) is 17.0. The van der Waals surface area contributed by atoms with Crippen LogP contribution in [0.25, 0.3) is 10.9 Å². The quantitative estimate of drug-likeness (QED) is 0.464. The minimum absolute atomic E-state index is 0. The molecular weight excluding hydrogens is 556 g/mol. The second-order valence-corrected chi connectivity index (χ2v) is 10.9. The predicted molar refractivity (Wildman–Crippen MR) is 138 cm³/mol. The molecule has 4 rings (SSSR count). The van der Waals surface area contributed by atoms with Gasteiger partial charge in [-0.2, -0.15) is 13.2 Å². The Labute approximate surface area is 222 Å². The van der Waals surface area contributed by atoms with E-state index in [0.717, 1.165) is 10.6 Å². The standard InChI is InChI=1S/C23H23Cl2F3N4O3S.H2O/c1-2-36(35)18-4-3-14(24)9-13(18)11-32-21(33)15-10-17(23(26,27)28)16(12-31-7-5-29-6-8-31)19(25)20(15)30-22(32)34;/h3-4,9-10,29H,2,5-8,11-12H2,1H3,(H,30,34);1H2. The van der Waals surface area contributed by atoms with Crippen LogP contribution in [0.3, 0.4) is 0 Å². The second-order valence-electron chi connectivity index (χ2n) is 8.37. The molecule has 37 heavy (non-hydrogen) atoms. The molecule has 1 aromatic heterocycles. The van der Waals surface area contributed by atoms with E-state index in [9.17, 15) is 27.0 Å². The number of aromatic nitrogens is 2. The Balaban J connectivity index is 0.00000380. The summed E-state index contributed by atoms with van der Waals surface area (Å²) in [6.07, 6.45) is -4.77. The van der Waals surface area contributed by atoms with Crippen LogP contribution in [0.2, 0.25) is 10.0 Å². The maximum absolute atomic E-state index is 14.1. The molecule has 0 saturated carbocycles. The molecule has 14 heteroatoms. The van der Waals surface area contributed by atoms with Gasteiger partial charge in [-0.25, -0.2) is 4.79 Å². The third kappa shape index (κ3) is 6.10. The van der Waals surface area contributed by atoms with Gasteiger partial charge in [-0.1, -0.05) is 30.1 Å². The molecular formula is C23H25Cl2F3N4O4S. The van der Waals surface area contributed by atoms with Crippen molar-refractivity contribution in [3.8, 4) is 0 Å². The Morgan fingerprint density at radius 3 is 2.38 bits per heavy atom. The maximum Gasteiger partial charge on any atom is 0.416 e. The van der Waals surface area contributed by atoms with Gasteiger partial charge in [0.2, 0.25) is 0 Å². The summed E-state index contributed by atoms with van der Waals surface area (Å²) in [5, 5.41) is 2.76. The van der Waals surface area contributed by atoms with Crippen LogP contribution >= 0.6 is 23.2 Å². The first-order valence-electron chi connectivity index (χ1n) is 11.2. The number of halogens is 5. The fourth-order valence-corrected chi connectivity index (χ4v) is 5.71. The average Bonchev–Trinajstić information content (AvgIpc) is 2.83. The molecule has 1 aliphatic rings. The van der Waals surface area contributed by atoms with Gasteiger partial charge in [0.05, 0.1) is 38.8 Å². The maximum atomic E-state index is 14.1. The molecule has 1 fully saturated rings. The molecule has 8 nitrogen and oxygen atoms in total. The number of H-pyrrole nitrogens is 1. The summed E-state index contributed by atoms with van der Waals surface area (Å²) in [6.45, 7) is 3.63. The third-order valence-corrected chi connectivity index (χ3v) is 8.14. The minimum Gasteiger partial charge on any atom is -0.412 e. The molecule has 0 amide bonds. The molecule has 1 unspecified atom stereocenters. The average molecular weight is 581 g/mol. The zero-order chi connectivity index (χ0) is 26.2. The predicted octanol–water partition coefficient (Wildman–Crippen LogP) is 2.77. The molecule has 1 atom stereocenters. The number of piperazine rings is 1. The van der Waals surface area contributed by atoms with Crippen molar-refractivity contribution in [3.05, 3.63) is 71.8 Å². The van der Waals surface area contributed by atoms with Crippen molar-refractivity contribution in [2.24, 2.45) is 0 Å². The smallest absolute Gasteiger partial charge is 0.412 e. The largest absolute Gasteiger partial charge is 0.416 e. The number of hydrogen-bond acceptors (Lipinski definition) is 5. The lowest BCUT2D eigenvalue weighted by molar-refractivity contribution is -0.138. The summed E-state index contributed by atoms with van der Waals surface area (Å²) < 4.78 is 55.4. The van der Waals surface area contributed by atoms with E-state index in [1.165, 1.54) is 12.1 Å². The van der Waals surface area contributed by atoms with Crippen molar-refractivity contribution in [3.63, 3.8) is 0 Å². The highest BCUT2D eigenvalue weighted by Gasteiger charge is 2.36. The Bertz CT molecular complexity index is 1450. The van der Waals surface area contributed by atoms with Crippen LogP contribution in [0.1, 0.15) is 23.6 Å². The summed E-state index contributed by atoms with van der Waals surface area (Å²) in [5.41, 5.74) is -2.80. The molecule has 4 N–H and O–H groups in total. The van der Waals surface area contributed by atoms with E-state index in [2.05, 4.69) is 10.3 Å². The van der Waals surface area contributed by atoms with Crippen LogP contribution in [0.4, 0.5) is 13.2 Å². The number of nitrogens with zero attached hydrogens (tertiary/aromatic N) is 2. The molecule has 0 radical (unpaired) electrons. The number of benzene rings is 2. The van der Waals surface area contributed by atoms with Crippen LogP contribution < -0.4 is 16.6 Å². The Morgan fingerprint density at radius 1 is 1.08 bits per heavy atom. The Kier molecular flexibility index (Phi) is 9.25. The van der Waals surface area contributed by atoms with Crippen molar-refractivity contribution in [1.29, 1.82) is 0 Å². The van der Waals surface area contributed by atoms with Crippen LogP contribution in [-0.2, 0) is 30.1 Å². The van der Waals surface area contributed by atoms with Gasteiger partial charge in [0, 0.05) is 48.4 Å². The fourth-order valence-electron chi connectivity index (χ4n) is 4.26. The number of aromatic amines is 1.